The van der Waals surface area contributed by atoms with Crippen molar-refractivity contribution in [2.45, 2.75) is 23.3 Å². The monoisotopic (exact) mass is 458 g/mol. The fraction of sp³-hybridized carbons (Fsp3) is 0.174. The lowest BCUT2D eigenvalue weighted by Gasteiger charge is -2.17. The molecule has 0 aliphatic carbocycles. The average molecular weight is 459 g/mol. The first-order valence-electron chi connectivity index (χ1n) is 9.55. The van der Waals surface area contributed by atoms with Crippen LogP contribution in [0.25, 0.3) is 0 Å². The number of aryl methyl sites for hydroxylation is 1. The van der Waals surface area contributed by atoms with E-state index < -0.39 is 9.84 Å². The average Bonchev–Trinajstić information content (AvgIpc) is 2.77. The van der Waals surface area contributed by atoms with Crippen molar-refractivity contribution >= 4 is 33.0 Å². The second kappa shape index (κ2) is 9.85. The van der Waals surface area contributed by atoms with E-state index in [2.05, 4.69) is 10.6 Å². The molecule has 3 aromatic rings. The van der Waals surface area contributed by atoms with Crippen molar-refractivity contribution in [3.63, 3.8) is 0 Å². The minimum Gasteiger partial charge on any atom is -0.493 e. The van der Waals surface area contributed by atoms with Gasteiger partial charge < -0.3 is 15.4 Å². The Morgan fingerprint density at radius 1 is 1.03 bits per heavy atom. The molecular formula is C23H23ClN2O4S. The molecule has 0 heterocycles. The number of hydrogen-bond donors (Lipinski definition) is 2. The predicted octanol–water partition coefficient (Wildman–Crippen LogP) is 4.22. The number of nitrogens with one attached hydrogen (secondary N) is 2. The molecule has 31 heavy (non-hydrogen) atoms. The first-order chi connectivity index (χ1) is 14.8. The highest BCUT2D eigenvalue weighted by Gasteiger charge is 2.25. The lowest BCUT2D eigenvalue weighted by molar-refractivity contribution is -0.119. The molecule has 0 saturated carbocycles. The number of sulfone groups is 1. The van der Waals surface area contributed by atoms with E-state index in [0.29, 0.717) is 17.3 Å². The Kier molecular flexibility index (Phi) is 7.20. The zero-order chi connectivity index (χ0) is 22.4. The normalized spacial score (nSPS) is 11.1. The maximum Gasteiger partial charge on any atom is 0.239 e. The summed E-state index contributed by atoms with van der Waals surface area (Å²) in [5, 5.41) is 6.43. The number of anilines is 1. The van der Waals surface area contributed by atoms with Crippen molar-refractivity contribution in [2.24, 2.45) is 0 Å². The number of carbonyl (C=O) groups is 1. The minimum absolute atomic E-state index is 0.0434. The first-order valence-corrected chi connectivity index (χ1v) is 11.4. The molecule has 0 saturated heterocycles. The van der Waals surface area contributed by atoms with Gasteiger partial charge in [0.15, 0.2) is 5.75 Å². The zero-order valence-electron chi connectivity index (χ0n) is 17.2. The molecule has 8 heteroatoms. The van der Waals surface area contributed by atoms with Gasteiger partial charge in [-0.25, -0.2) is 8.42 Å². The predicted molar refractivity (Wildman–Crippen MR) is 121 cm³/mol. The molecule has 1 amide bonds. The second-order valence-electron chi connectivity index (χ2n) is 6.92. The van der Waals surface area contributed by atoms with Crippen LogP contribution >= 0.6 is 11.6 Å². The largest absolute Gasteiger partial charge is 0.493 e. The molecule has 0 radical (unpaired) electrons. The molecule has 0 bridgehead atoms. The quantitative estimate of drug-likeness (QED) is 0.528. The van der Waals surface area contributed by atoms with E-state index >= 15 is 0 Å². The highest BCUT2D eigenvalue weighted by atomic mass is 35.5. The van der Waals surface area contributed by atoms with Crippen LogP contribution in [0.5, 0.6) is 5.75 Å². The Labute approximate surface area is 187 Å². The summed E-state index contributed by atoms with van der Waals surface area (Å²) in [6, 6.07) is 18.6. The molecule has 0 atom stereocenters. The lowest BCUT2D eigenvalue weighted by atomic mass is 10.2. The van der Waals surface area contributed by atoms with Crippen molar-refractivity contribution in [3.05, 3.63) is 82.9 Å². The molecular weight excluding hydrogens is 436 g/mol. The molecule has 3 rings (SSSR count). The number of ether oxygens (including phenoxy) is 1. The maximum absolute atomic E-state index is 13.1. The van der Waals surface area contributed by atoms with Gasteiger partial charge in [-0.15, -0.1) is 0 Å². The van der Waals surface area contributed by atoms with Crippen LogP contribution in [0.1, 0.15) is 11.1 Å². The van der Waals surface area contributed by atoms with Crippen LogP contribution in [-0.2, 0) is 21.2 Å². The molecule has 0 aliphatic heterocycles. The minimum atomic E-state index is -3.79. The van der Waals surface area contributed by atoms with E-state index in [1.807, 2.05) is 12.1 Å². The van der Waals surface area contributed by atoms with E-state index in [0.717, 1.165) is 11.1 Å². The summed E-state index contributed by atoms with van der Waals surface area (Å²) in [4.78, 5) is 12.5. The van der Waals surface area contributed by atoms with Gasteiger partial charge in [0.1, 0.15) is 4.90 Å². The Morgan fingerprint density at radius 3 is 2.35 bits per heavy atom. The van der Waals surface area contributed by atoms with Gasteiger partial charge in [0.2, 0.25) is 15.7 Å². The molecule has 0 aliphatic rings. The molecule has 0 aromatic heterocycles. The number of methoxy groups -OCH3 is 1. The van der Waals surface area contributed by atoms with Crippen LogP contribution in [0.3, 0.4) is 0 Å². The van der Waals surface area contributed by atoms with Gasteiger partial charge in [0.25, 0.3) is 0 Å². The SMILES string of the molecule is COc1c(NCC(=O)NCc2ccc(Cl)cc2)cc(C)cc1S(=O)(=O)c1ccccc1. The Morgan fingerprint density at radius 2 is 1.71 bits per heavy atom. The fourth-order valence-corrected chi connectivity index (χ4v) is 4.72. The van der Waals surface area contributed by atoms with E-state index in [9.17, 15) is 13.2 Å². The summed E-state index contributed by atoms with van der Waals surface area (Å²) in [7, 11) is -2.39. The van der Waals surface area contributed by atoms with Gasteiger partial charge in [-0.3, -0.25) is 4.79 Å². The van der Waals surface area contributed by atoms with Crippen LogP contribution in [0, 0.1) is 6.92 Å². The van der Waals surface area contributed by atoms with Crippen molar-refractivity contribution in [1.29, 1.82) is 0 Å². The Balaban J connectivity index is 1.77. The van der Waals surface area contributed by atoms with E-state index in [1.54, 1.807) is 49.4 Å². The number of hydrogen-bond acceptors (Lipinski definition) is 5. The second-order valence-corrected chi connectivity index (χ2v) is 9.27. The molecule has 6 nitrogen and oxygen atoms in total. The summed E-state index contributed by atoms with van der Waals surface area (Å²) in [5.41, 5.74) is 2.07. The highest BCUT2D eigenvalue weighted by Crippen LogP contribution is 2.36. The number of benzene rings is 3. The van der Waals surface area contributed by atoms with Crippen LogP contribution < -0.4 is 15.4 Å². The molecule has 0 spiro atoms. The van der Waals surface area contributed by atoms with E-state index in [1.165, 1.54) is 19.2 Å². The smallest absolute Gasteiger partial charge is 0.239 e. The molecule has 0 unspecified atom stereocenters. The standard InChI is InChI=1S/C23H23ClN2O4S/c1-16-12-20(25-15-22(27)26-14-17-8-10-18(24)11-9-17)23(30-2)21(13-16)31(28,29)19-6-4-3-5-7-19/h3-13,25H,14-15H2,1-2H3,(H,26,27). The van der Waals surface area contributed by atoms with Crippen LogP contribution in [0.4, 0.5) is 5.69 Å². The van der Waals surface area contributed by atoms with Crippen LogP contribution in [0.15, 0.2) is 76.5 Å². The third-order valence-corrected chi connectivity index (χ3v) is 6.62. The van der Waals surface area contributed by atoms with Crippen molar-refractivity contribution in [1.82, 2.24) is 5.32 Å². The van der Waals surface area contributed by atoms with Crippen LogP contribution in [0.2, 0.25) is 5.02 Å². The number of rotatable bonds is 8. The van der Waals surface area contributed by atoms with E-state index in [-0.39, 0.29) is 28.0 Å². The van der Waals surface area contributed by atoms with Crippen LogP contribution in [-0.4, -0.2) is 28.0 Å². The molecule has 3 aromatic carbocycles. The van der Waals surface area contributed by atoms with Gasteiger partial charge in [0, 0.05) is 11.6 Å². The Hall–Kier alpha value is -3.03. The van der Waals surface area contributed by atoms with Gasteiger partial charge in [0.05, 0.1) is 24.2 Å². The number of amides is 1. The van der Waals surface area contributed by atoms with E-state index in [4.69, 9.17) is 16.3 Å². The third-order valence-electron chi connectivity index (χ3n) is 4.59. The summed E-state index contributed by atoms with van der Waals surface area (Å²) in [5.74, 6) is -0.0778. The highest BCUT2D eigenvalue weighted by molar-refractivity contribution is 7.91. The number of carbonyl (C=O) groups excluding carboxylic acids is 1. The van der Waals surface area contributed by atoms with Gasteiger partial charge in [-0.1, -0.05) is 41.9 Å². The summed E-state index contributed by atoms with van der Waals surface area (Å²) < 4.78 is 31.7. The summed E-state index contributed by atoms with van der Waals surface area (Å²) >= 11 is 5.87. The topological polar surface area (TPSA) is 84.5 Å². The van der Waals surface area contributed by atoms with Crippen molar-refractivity contribution < 1.29 is 17.9 Å². The van der Waals surface area contributed by atoms with Gasteiger partial charge in [-0.2, -0.15) is 0 Å². The maximum atomic E-state index is 13.1. The zero-order valence-corrected chi connectivity index (χ0v) is 18.8. The molecule has 0 fully saturated rings. The molecule has 2 N–H and O–H groups in total. The lowest BCUT2D eigenvalue weighted by Crippen LogP contribution is -2.29. The third kappa shape index (κ3) is 5.57. The summed E-state index contributed by atoms with van der Waals surface area (Å²) in [6.07, 6.45) is 0. The first kappa shape index (κ1) is 22.7. The molecule has 162 valence electrons. The Bertz CT molecular complexity index is 1160. The van der Waals surface area contributed by atoms with Crippen molar-refractivity contribution in [3.8, 4) is 5.75 Å². The fourth-order valence-electron chi connectivity index (χ4n) is 3.05. The van der Waals surface area contributed by atoms with Gasteiger partial charge in [-0.05, 0) is 54.4 Å². The number of halogens is 1. The summed E-state index contributed by atoms with van der Waals surface area (Å²) in [6.45, 7) is 2.10. The van der Waals surface area contributed by atoms with Gasteiger partial charge >= 0.3 is 0 Å². The van der Waals surface area contributed by atoms with Crippen molar-refractivity contribution in [2.75, 3.05) is 19.0 Å².